The second kappa shape index (κ2) is 7.10. The van der Waals surface area contributed by atoms with Crippen molar-refractivity contribution in [3.05, 3.63) is 120 Å². The molecule has 0 fully saturated rings. The van der Waals surface area contributed by atoms with Gasteiger partial charge in [0.25, 0.3) is 0 Å². The molecule has 0 saturated carbocycles. The Morgan fingerprint density at radius 3 is 1.90 bits per heavy atom. The maximum Gasteiger partial charge on any atom is 0.0948 e. The fraction of sp³-hybridized carbons (Fsp3) is 0.0690. The van der Waals surface area contributed by atoms with Crippen LogP contribution < -0.4 is 5.32 Å². The van der Waals surface area contributed by atoms with Gasteiger partial charge in [0.2, 0.25) is 0 Å². The van der Waals surface area contributed by atoms with Crippen LogP contribution in [0.4, 0.5) is 0 Å². The molecule has 31 heavy (non-hydrogen) atoms. The van der Waals surface area contributed by atoms with Crippen molar-refractivity contribution in [1.82, 2.24) is 5.32 Å². The minimum absolute atomic E-state index is 0.0820. The Morgan fingerprint density at radius 1 is 0.613 bits per heavy atom. The van der Waals surface area contributed by atoms with Crippen LogP contribution in [-0.2, 0) is 0 Å². The number of aliphatic imine (C=N–C) groups is 1. The summed E-state index contributed by atoms with van der Waals surface area (Å²) in [4.78, 5) is 4.94. The minimum atomic E-state index is 0.0820. The fourth-order valence-electron chi connectivity index (χ4n) is 4.67. The molecule has 148 valence electrons. The SMILES string of the molecule is CC1=CNC2C(=N1)c1ccc(-c3ccccc3)cc1-c1cc(-c3ccccc3)ccc12. The van der Waals surface area contributed by atoms with E-state index in [1.54, 1.807) is 0 Å². The number of allylic oxidation sites excluding steroid dienone is 1. The summed E-state index contributed by atoms with van der Waals surface area (Å²) in [5.41, 5.74) is 12.1. The highest BCUT2D eigenvalue weighted by Gasteiger charge is 2.32. The first kappa shape index (κ1) is 17.9. The van der Waals surface area contributed by atoms with Crippen LogP contribution in [-0.4, -0.2) is 5.71 Å². The molecule has 1 aliphatic carbocycles. The molecule has 1 unspecified atom stereocenters. The smallest absolute Gasteiger partial charge is 0.0948 e. The maximum absolute atomic E-state index is 4.94. The van der Waals surface area contributed by atoms with Gasteiger partial charge >= 0.3 is 0 Å². The molecular weight excluding hydrogens is 376 g/mol. The van der Waals surface area contributed by atoms with Crippen molar-refractivity contribution in [2.75, 3.05) is 0 Å². The number of hydrogen-bond acceptors (Lipinski definition) is 2. The third-order valence-electron chi connectivity index (χ3n) is 6.19. The zero-order chi connectivity index (χ0) is 20.8. The molecule has 2 aliphatic rings. The van der Waals surface area contributed by atoms with E-state index in [2.05, 4.69) is 102 Å². The molecule has 2 heteroatoms. The maximum atomic E-state index is 4.94. The summed E-state index contributed by atoms with van der Waals surface area (Å²) in [5.74, 6) is 0. The van der Waals surface area contributed by atoms with E-state index in [0.717, 1.165) is 11.4 Å². The topological polar surface area (TPSA) is 24.4 Å². The van der Waals surface area contributed by atoms with Gasteiger partial charge in [0.1, 0.15) is 0 Å². The van der Waals surface area contributed by atoms with E-state index in [9.17, 15) is 0 Å². The van der Waals surface area contributed by atoms with Crippen molar-refractivity contribution < 1.29 is 0 Å². The lowest BCUT2D eigenvalue weighted by Gasteiger charge is -2.32. The number of rotatable bonds is 2. The first-order chi connectivity index (χ1) is 15.3. The van der Waals surface area contributed by atoms with Gasteiger partial charge < -0.3 is 5.32 Å². The lowest BCUT2D eigenvalue weighted by molar-refractivity contribution is 0.764. The molecule has 6 rings (SSSR count). The molecule has 4 aromatic rings. The van der Waals surface area contributed by atoms with Crippen LogP contribution in [0.15, 0.2) is 114 Å². The van der Waals surface area contributed by atoms with E-state index < -0.39 is 0 Å². The van der Waals surface area contributed by atoms with Gasteiger partial charge in [-0.1, -0.05) is 84.9 Å². The number of benzene rings is 4. The van der Waals surface area contributed by atoms with Crippen molar-refractivity contribution in [3.63, 3.8) is 0 Å². The Bertz CT molecular complexity index is 1350. The summed E-state index contributed by atoms with van der Waals surface area (Å²) in [5, 5.41) is 3.58. The zero-order valence-corrected chi connectivity index (χ0v) is 17.3. The summed E-state index contributed by atoms with van der Waals surface area (Å²) in [6, 6.07) is 34.9. The molecule has 0 spiro atoms. The van der Waals surface area contributed by atoms with Crippen LogP contribution in [0, 0.1) is 0 Å². The minimum Gasteiger partial charge on any atom is -0.377 e. The predicted molar refractivity (Wildman–Crippen MR) is 129 cm³/mol. The van der Waals surface area contributed by atoms with Gasteiger partial charge in [-0.3, -0.25) is 4.99 Å². The van der Waals surface area contributed by atoms with Gasteiger partial charge in [-0.05, 0) is 58.0 Å². The molecule has 0 bridgehead atoms. The summed E-state index contributed by atoms with van der Waals surface area (Å²) < 4.78 is 0. The molecule has 4 aromatic carbocycles. The molecular formula is C29H22N2. The van der Waals surface area contributed by atoms with Gasteiger partial charge in [0, 0.05) is 11.8 Å². The third kappa shape index (κ3) is 3.00. The number of fused-ring (bicyclic) bond motifs is 6. The number of nitrogens with one attached hydrogen (secondary N) is 1. The average Bonchev–Trinajstić information content (AvgIpc) is 2.84. The van der Waals surface area contributed by atoms with Crippen LogP contribution >= 0.6 is 0 Å². The first-order valence-electron chi connectivity index (χ1n) is 10.7. The summed E-state index contributed by atoms with van der Waals surface area (Å²) in [6.07, 6.45) is 2.02. The predicted octanol–water partition coefficient (Wildman–Crippen LogP) is 7.00. The normalized spacial score (nSPS) is 16.2. The highest BCUT2D eigenvalue weighted by Crippen LogP contribution is 2.43. The van der Waals surface area contributed by atoms with Gasteiger partial charge in [-0.2, -0.15) is 0 Å². The van der Waals surface area contributed by atoms with E-state index >= 15 is 0 Å². The highest BCUT2D eigenvalue weighted by molar-refractivity contribution is 6.14. The second-order valence-corrected chi connectivity index (χ2v) is 8.18. The van der Waals surface area contributed by atoms with Gasteiger partial charge in [0.05, 0.1) is 17.5 Å². The van der Waals surface area contributed by atoms with Crippen LogP contribution in [0.1, 0.15) is 24.1 Å². The molecule has 1 heterocycles. The monoisotopic (exact) mass is 398 g/mol. The van der Waals surface area contributed by atoms with E-state index in [1.807, 2.05) is 13.1 Å². The Hall–Kier alpha value is -3.91. The molecule has 0 amide bonds. The van der Waals surface area contributed by atoms with Crippen LogP contribution in [0.25, 0.3) is 33.4 Å². The van der Waals surface area contributed by atoms with Crippen LogP contribution in [0.5, 0.6) is 0 Å². The highest BCUT2D eigenvalue weighted by atomic mass is 15.0. The lowest BCUT2D eigenvalue weighted by atomic mass is 9.78. The van der Waals surface area contributed by atoms with Crippen molar-refractivity contribution in [3.8, 4) is 33.4 Å². The summed E-state index contributed by atoms with van der Waals surface area (Å²) in [6.45, 7) is 2.04. The molecule has 1 aliphatic heterocycles. The summed E-state index contributed by atoms with van der Waals surface area (Å²) in [7, 11) is 0. The van der Waals surface area contributed by atoms with Crippen molar-refractivity contribution >= 4 is 5.71 Å². The molecule has 1 atom stereocenters. The van der Waals surface area contributed by atoms with Crippen molar-refractivity contribution in [1.29, 1.82) is 0 Å². The van der Waals surface area contributed by atoms with E-state index in [0.29, 0.717) is 0 Å². The number of nitrogens with zero attached hydrogens (tertiary/aromatic N) is 1. The van der Waals surface area contributed by atoms with Gasteiger partial charge in [0.15, 0.2) is 0 Å². The second-order valence-electron chi connectivity index (χ2n) is 8.18. The van der Waals surface area contributed by atoms with Crippen molar-refractivity contribution in [2.45, 2.75) is 13.0 Å². The standard InChI is InChI=1S/C29H22N2/c1-19-18-30-28-24-14-12-22(20-8-4-2-5-9-20)16-26(24)27-17-23(21-10-6-3-7-11-21)13-15-25(27)29(28)31-19/h2-18,28,30H,1H3. The Kier molecular flexibility index (Phi) is 4.10. The Balaban J connectivity index is 1.59. The van der Waals surface area contributed by atoms with E-state index in [1.165, 1.54) is 44.5 Å². The summed E-state index contributed by atoms with van der Waals surface area (Å²) >= 11 is 0. The third-order valence-corrected chi connectivity index (χ3v) is 6.19. The Morgan fingerprint density at radius 2 is 1.23 bits per heavy atom. The lowest BCUT2D eigenvalue weighted by Crippen LogP contribution is -2.32. The molecule has 2 nitrogen and oxygen atoms in total. The molecule has 0 radical (unpaired) electrons. The van der Waals surface area contributed by atoms with Crippen LogP contribution in [0.2, 0.25) is 0 Å². The van der Waals surface area contributed by atoms with E-state index in [-0.39, 0.29) is 6.04 Å². The Labute approximate surface area is 182 Å². The zero-order valence-electron chi connectivity index (χ0n) is 17.3. The fourth-order valence-corrected chi connectivity index (χ4v) is 4.67. The van der Waals surface area contributed by atoms with Crippen molar-refractivity contribution in [2.24, 2.45) is 4.99 Å². The average molecular weight is 399 g/mol. The van der Waals surface area contributed by atoms with Gasteiger partial charge in [-0.15, -0.1) is 0 Å². The first-order valence-corrected chi connectivity index (χ1v) is 10.7. The number of hydrogen-bond donors (Lipinski definition) is 1. The van der Waals surface area contributed by atoms with Gasteiger partial charge in [-0.25, -0.2) is 0 Å². The van der Waals surface area contributed by atoms with Crippen LogP contribution in [0.3, 0.4) is 0 Å². The molecule has 0 aromatic heterocycles. The molecule has 0 saturated heterocycles. The largest absolute Gasteiger partial charge is 0.377 e. The van der Waals surface area contributed by atoms with E-state index in [4.69, 9.17) is 4.99 Å². The quantitative estimate of drug-likeness (QED) is 0.386. The molecule has 1 N–H and O–H groups in total.